The Morgan fingerprint density at radius 2 is 1.84 bits per heavy atom. The van der Waals surface area contributed by atoms with Crippen molar-refractivity contribution in [3.63, 3.8) is 0 Å². The lowest BCUT2D eigenvalue weighted by molar-refractivity contribution is -0.385. The molecule has 1 saturated heterocycles. The molecular weight excluding hydrogens is 342 g/mol. The third-order valence-electron chi connectivity index (χ3n) is 4.10. The summed E-state index contributed by atoms with van der Waals surface area (Å²) in [4.78, 5) is 37.5. The van der Waals surface area contributed by atoms with E-state index in [0.29, 0.717) is 16.1 Å². The average Bonchev–Trinajstić information content (AvgIpc) is 3.24. The number of amides is 2. The van der Waals surface area contributed by atoms with E-state index in [1.54, 1.807) is 31.2 Å². The van der Waals surface area contributed by atoms with Gasteiger partial charge in [-0.3, -0.25) is 19.7 Å². The monoisotopic (exact) mass is 359 g/mol. The molecule has 0 bridgehead atoms. The van der Waals surface area contributed by atoms with Gasteiger partial charge in [-0.15, -0.1) is 11.3 Å². The quantitative estimate of drug-likeness (QED) is 0.668. The van der Waals surface area contributed by atoms with Crippen LogP contribution in [0.2, 0.25) is 0 Å². The Hall–Kier alpha value is -2.74. The van der Waals surface area contributed by atoms with Crippen LogP contribution in [-0.4, -0.2) is 34.7 Å². The first-order chi connectivity index (χ1) is 12.0. The summed E-state index contributed by atoms with van der Waals surface area (Å²) in [5.41, 5.74) is 1.07. The summed E-state index contributed by atoms with van der Waals surface area (Å²) in [5, 5.41) is 13.6. The van der Waals surface area contributed by atoms with E-state index in [1.807, 2.05) is 4.90 Å². The van der Waals surface area contributed by atoms with E-state index >= 15 is 0 Å². The highest BCUT2D eigenvalue weighted by atomic mass is 32.1. The van der Waals surface area contributed by atoms with E-state index in [-0.39, 0.29) is 16.5 Å². The highest BCUT2D eigenvalue weighted by Gasteiger charge is 2.21. The van der Waals surface area contributed by atoms with Gasteiger partial charge < -0.3 is 10.2 Å². The molecule has 1 aliphatic heterocycles. The van der Waals surface area contributed by atoms with Gasteiger partial charge in [-0.05, 0) is 44.0 Å². The number of anilines is 1. The molecule has 1 N–H and O–H groups in total. The van der Waals surface area contributed by atoms with Crippen LogP contribution in [0.4, 0.5) is 11.4 Å². The van der Waals surface area contributed by atoms with Gasteiger partial charge in [0.2, 0.25) is 0 Å². The van der Waals surface area contributed by atoms with Crippen molar-refractivity contribution >= 4 is 34.5 Å². The molecule has 3 rings (SSSR count). The molecule has 7 nitrogen and oxygen atoms in total. The van der Waals surface area contributed by atoms with Gasteiger partial charge in [-0.25, -0.2) is 0 Å². The van der Waals surface area contributed by atoms with Crippen LogP contribution in [-0.2, 0) is 0 Å². The summed E-state index contributed by atoms with van der Waals surface area (Å²) >= 11 is 1.08. The summed E-state index contributed by atoms with van der Waals surface area (Å²) in [7, 11) is 0. The van der Waals surface area contributed by atoms with E-state index < -0.39 is 10.8 Å². The van der Waals surface area contributed by atoms with Crippen LogP contribution < -0.4 is 5.32 Å². The maximum Gasteiger partial charge on any atom is 0.283 e. The van der Waals surface area contributed by atoms with Crippen LogP contribution in [0.25, 0.3) is 0 Å². The molecule has 1 aliphatic rings. The first-order valence-electron chi connectivity index (χ1n) is 7.91. The molecule has 0 radical (unpaired) electrons. The first-order valence-corrected chi connectivity index (χ1v) is 8.73. The molecule has 0 atom stereocenters. The van der Waals surface area contributed by atoms with Crippen molar-refractivity contribution in [3.8, 4) is 0 Å². The maximum absolute atomic E-state index is 12.3. The fraction of sp³-hybridized carbons (Fsp3) is 0.294. The number of hydrogen-bond acceptors (Lipinski definition) is 5. The number of carbonyl (C=O) groups is 2. The number of hydrogen-bond donors (Lipinski definition) is 1. The lowest BCUT2D eigenvalue weighted by atomic mass is 10.2. The third kappa shape index (κ3) is 3.69. The number of nitrogens with zero attached hydrogens (tertiary/aromatic N) is 2. The molecule has 1 fully saturated rings. The Kier molecular flexibility index (Phi) is 4.80. The Balaban J connectivity index is 1.68. The van der Waals surface area contributed by atoms with Crippen LogP contribution in [0.15, 0.2) is 30.3 Å². The second-order valence-corrected chi connectivity index (χ2v) is 7.10. The SMILES string of the molecule is Cc1sc(C(=O)Nc2ccc(C(=O)N3CCCC3)cc2)cc1[N+](=O)[O-]. The largest absolute Gasteiger partial charge is 0.339 e. The number of thiophene rings is 1. The van der Waals surface area contributed by atoms with Gasteiger partial charge in [0, 0.05) is 30.4 Å². The predicted molar refractivity (Wildman–Crippen MR) is 95.2 cm³/mol. The summed E-state index contributed by atoms with van der Waals surface area (Å²) in [6, 6.07) is 7.96. The highest BCUT2D eigenvalue weighted by molar-refractivity contribution is 7.14. The van der Waals surface area contributed by atoms with E-state index in [4.69, 9.17) is 0 Å². The van der Waals surface area contributed by atoms with Crippen LogP contribution >= 0.6 is 11.3 Å². The van der Waals surface area contributed by atoms with Crippen LogP contribution in [0.3, 0.4) is 0 Å². The van der Waals surface area contributed by atoms with Crippen molar-refractivity contribution in [1.29, 1.82) is 0 Å². The average molecular weight is 359 g/mol. The van der Waals surface area contributed by atoms with Crippen molar-refractivity contribution in [2.24, 2.45) is 0 Å². The van der Waals surface area contributed by atoms with Gasteiger partial charge in [0.15, 0.2) is 0 Å². The molecule has 0 spiro atoms. The number of nitro groups is 1. The Morgan fingerprint density at radius 3 is 2.40 bits per heavy atom. The van der Waals surface area contributed by atoms with Crippen LogP contribution in [0, 0.1) is 17.0 Å². The number of nitrogens with one attached hydrogen (secondary N) is 1. The molecule has 130 valence electrons. The molecule has 1 aromatic heterocycles. The fourth-order valence-corrected chi connectivity index (χ4v) is 3.64. The molecule has 1 aromatic carbocycles. The molecule has 8 heteroatoms. The van der Waals surface area contributed by atoms with Gasteiger partial charge >= 0.3 is 0 Å². The van der Waals surface area contributed by atoms with Gasteiger partial charge in [0.25, 0.3) is 17.5 Å². The second-order valence-electron chi connectivity index (χ2n) is 5.84. The van der Waals surface area contributed by atoms with E-state index in [2.05, 4.69) is 5.32 Å². The molecule has 0 saturated carbocycles. The van der Waals surface area contributed by atoms with Crippen molar-refractivity contribution < 1.29 is 14.5 Å². The molecular formula is C17H17N3O4S. The van der Waals surface area contributed by atoms with Crippen LogP contribution in [0.5, 0.6) is 0 Å². The molecule has 25 heavy (non-hydrogen) atoms. The maximum atomic E-state index is 12.3. The first kappa shape index (κ1) is 17.1. The molecule has 2 heterocycles. The highest BCUT2D eigenvalue weighted by Crippen LogP contribution is 2.28. The summed E-state index contributed by atoms with van der Waals surface area (Å²) in [6.45, 7) is 3.18. The van der Waals surface area contributed by atoms with E-state index in [1.165, 1.54) is 6.07 Å². The second kappa shape index (κ2) is 7.02. The minimum Gasteiger partial charge on any atom is -0.339 e. The topological polar surface area (TPSA) is 92.6 Å². The van der Waals surface area contributed by atoms with Gasteiger partial charge in [0.05, 0.1) is 14.7 Å². The Bertz CT molecular complexity index is 823. The van der Waals surface area contributed by atoms with Gasteiger partial charge in [0.1, 0.15) is 0 Å². The minimum absolute atomic E-state index is 0.000108. The normalized spacial score (nSPS) is 13.7. The number of rotatable bonds is 4. The molecule has 2 aromatic rings. The predicted octanol–water partition coefficient (Wildman–Crippen LogP) is 3.45. The van der Waals surface area contributed by atoms with Crippen molar-refractivity contribution in [2.75, 3.05) is 18.4 Å². The standard InChI is InChI=1S/C17H17N3O4S/c1-11-14(20(23)24)10-15(25-11)16(21)18-13-6-4-12(5-7-13)17(22)19-8-2-3-9-19/h4-7,10H,2-3,8-9H2,1H3,(H,18,21). The molecule has 2 amide bonds. The zero-order valence-corrected chi connectivity index (χ0v) is 14.5. The minimum atomic E-state index is -0.499. The Morgan fingerprint density at radius 1 is 1.20 bits per heavy atom. The van der Waals surface area contributed by atoms with Crippen molar-refractivity contribution in [1.82, 2.24) is 4.90 Å². The zero-order valence-electron chi connectivity index (χ0n) is 13.7. The zero-order chi connectivity index (χ0) is 18.0. The summed E-state index contributed by atoms with van der Waals surface area (Å²) in [5.74, 6) is -0.403. The van der Waals surface area contributed by atoms with Crippen molar-refractivity contribution in [3.05, 3.63) is 55.8 Å². The van der Waals surface area contributed by atoms with E-state index in [9.17, 15) is 19.7 Å². The van der Waals surface area contributed by atoms with Gasteiger partial charge in [-0.1, -0.05) is 0 Å². The van der Waals surface area contributed by atoms with Crippen LogP contribution in [0.1, 0.15) is 37.7 Å². The molecule has 0 unspecified atom stereocenters. The van der Waals surface area contributed by atoms with Crippen molar-refractivity contribution in [2.45, 2.75) is 19.8 Å². The van der Waals surface area contributed by atoms with Gasteiger partial charge in [-0.2, -0.15) is 0 Å². The third-order valence-corrected chi connectivity index (χ3v) is 5.13. The number of likely N-dealkylation sites (tertiary alicyclic amines) is 1. The number of carbonyl (C=O) groups excluding carboxylic acids is 2. The summed E-state index contributed by atoms with van der Waals surface area (Å²) < 4.78 is 0. The fourth-order valence-electron chi connectivity index (χ4n) is 2.76. The summed E-state index contributed by atoms with van der Waals surface area (Å²) in [6.07, 6.45) is 2.07. The smallest absolute Gasteiger partial charge is 0.283 e. The lowest BCUT2D eigenvalue weighted by Crippen LogP contribution is -2.27. The Labute approximate surface area is 148 Å². The van der Waals surface area contributed by atoms with E-state index in [0.717, 1.165) is 37.3 Å². The molecule has 0 aliphatic carbocycles. The number of benzene rings is 1. The number of aryl methyl sites for hydroxylation is 1. The lowest BCUT2D eigenvalue weighted by Gasteiger charge is -2.15.